The normalized spacial score (nSPS) is 12.7. The Morgan fingerprint density at radius 3 is 2.61 bits per heavy atom. The van der Waals surface area contributed by atoms with Crippen LogP contribution in [0.2, 0.25) is 0 Å². The van der Waals surface area contributed by atoms with E-state index in [1.165, 1.54) is 6.07 Å². The van der Waals surface area contributed by atoms with Gasteiger partial charge in [-0.1, -0.05) is 18.1 Å². The van der Waals surface area contributed by atoms with Gasteiger partial charge in [-0.3, -0.25) is 14.9 Å². The van der Waals surface area contributed by atoms with Gasteiger partial charge in [0.05, 0.1) is 4.92 Å². The molecule has 3 aromatic rings. The van der Waals surface area contributed by atoms with Gasteiger partial charge in [0.1, 0.15) is 11.4 Å². The number of nitro benzene ring substituents is 1. The van der Waals surface area contributed by atoms with Crippen LogP contribution >= 0.6 is 0 Å². The number of nitrogens with one attached hydrogen (secondary N) is 1. The fourth-order valence-corrected chi connectivity index (χ4v) is 3.49. The smallest absolute Gasteiger partial charge is 0.293 e. The van der Waals surface area contributed by atoms with Gasteiger partial charge in [-0.15, -0.1) is 0 Å². The quantitative estimate of drug-likeness (QED) is 0.393. The maximum atomic E-state index is 12.7. The largest absolute Gasteiger partial charge is 0.366 e. The summed E-state index contributed by atoms with van der Waals surface area (Å²) in [5, 5.41) is 14.4. The molecule has 1 aliphatic rings. The minimum atomic E-state index is -0.432. The number of hydrogen-bond donors (Lipinski definition) is 1. The number of rotatable bonds is 4. The summed E-state index contributed by atoms with van der Waals surface area (Å²) in [7, 11) is 0. The lowest BCUT2D eigenvalue weighted by atomic mass is 10.1. The van der Waals surface area contributed by atoms with Crippen LogP contribution in [0.3, 0.4) is 0 Å². The van der Waals surface area contributed by atoms with Gasteiger partial charge in [0.15, 0.2) is 0 Å². The van der Waals surface area contributed by atoms with Gasteiger partial charge >= 0.3 is 0 Å². The molecule has 31 heavy (non-hydrogen) atoms. The first-order chi connectivity index (χ1) is 15.1. The van der Waals surface area contributed by atoms with Gasteiger partial charge < -0.3 is 10.2 Å². The van der Waals surface area contributed by atoms with Crippen LogP contribution in [-0.4, -0.2) is 28.9 Å². The first-order valence-corrected chi connectivity index (χ1v) is 9.98. The van der Waals surface area contributed by atoms with Crippen LogP contribution in [-0.2, 0) is 0 Å². The summed E-state index contributed by atoms with van der Waals surface area (Å²) in [5.74, 6) is 5.58. The highest BCUT2D eigenvalue weighted by atomic mass is 16.6. The molecule has 1 saturated heterocycles. The summed E-state index contributed by atoms with van der Waals surface area (Å²) in [6.07, 6.45) is 3.70. The molecule has 2 aromatic carbocycles. The molecule has 4 rings (SSSR count). The standard InChI is InChI=1S/C24H20N4O3/c29-24(19-10-12-22(23(17-19)28(30)31)27-14-3-4-15-27)26-21-8-5-6-18(16-21)9-11-20-7-1-2-13-25-20/h1-2,5-8,10,12-13,16-17H,3-4,14-15H2,(H,26,29). The summed E-state index contributed by atoms with van der Waals surface area (Å²) >= 11 is 0. The molecule has 1 aromatic heterocycles. The number of benzene rings is 2. The summed E-state index contributed by atoms with van der Waals surface area (Å²) in [6, 6.07) is 17.3. The average molecular weight is 412 g/mol. The first-order valence-electron chi connectivity index (χ1n) is 9.98. The Hall–Kier alpha value is -4.18. The Kier molecular flexibility index (Phi) is 5.90. The van der Waals surface area contributed by atoms with E-state index in [1.807, 2.05) is 29.2 Å². The number of nitrogens with zero attached hydrogens (tertiary/aromatic N) is 3. The van der Waals surface area contributed by atoms with Crippen molar-refractivity contribution in [3.63, 3.8) is 0 Å². The minimum Gasteiger partial charge on any atom is -0.366 e. The van der Waals surface area contributed by atoms with Crippen molar-refractivity contribution in [2.75, 3.05) is 23.3 Å². The Balaban J connectivity index is 1.52. The fraction of sp³-hybridized carbons (Fsp3) is 0.167. The third kappa shape index (κ3) is 4.87. The number of carbonyl (C=O) groups is 1. The maximum absolute atomic E-state index is 12.7. The zero-order chi connectivity index (χ0) is 21.6. The summed E-state index contributed by atoms with van der Waals surface area (Å²) in [6.45, 7) is 1.58. The van der Waals surface area contributed by atoms with Crippen LogP contribution in [0.15, 0.2) is 66.9 Å². The molecule has 0 bridgehead atoms. The number of pyridine rings is 1. The van der Waals surface area contributed by atoms with Gasteiger partial charge in [-0.2, -0.15) is 0 Å². The SMILES string of the molecule is O=C(Nc1cccc(C#Cc2ccccn2)c1)c1ccc(N2CCCC2)c([N+](=O)[O-])c1. The van der Waals surface area contributed by atoms with E-state index in [1.54, 1.807) is 36.5 Å². The maximum Gasteiger partial charge on any atom is 0.293 e. The molecule has 7 nitrogen and oxygen atoms in total. The molecule has 0 spiro atoms. The Labute approximate surface area is 179 Å². The number of carbonyl (C=O) groups excluding carboxylic acids is 1. The Morgan fingerprint density at radius 1 is 1.03 bits per heavy atom. The van der Waals surface area contributed by atoms with Gasteiger partial charge in [-0.25, -0.2) is 4.98 Å². The number of hydrogen-bond acceptors (Lipinski definition) is 5. The molecular weight excluding hydrogens is 392 g/mol. The van der Waals surface area contributed by atoms with Gasteiger partial charge in [0.25, 0.3) is 11.6 Å². The van der Waals surface area contributed by atoms with E-state index < -0.39 is 10.8 Å². The summed E-state index contributed by atoms with van der Waals surface area (Å²) < 4.78 is 0. The number of nitro groups is 1. The highest BCUT2D eigenvalue weighted by Gasteiger charge is 2.23. The highest BCUT2D eigenvalue weighted by molar-refractivity contribution is 6.05. The minimum absolute atomic E-state index is 0.0514. The van der Waals surface area contributed by atoms with E-state index in [0.29, 0.717) is 17.1 Å². The Bertz CT molecular complexity index is 1180. The van der Waals surface area contributed by atoms with Crippen molar-refractivity contribution in [2.24, 2.45) is 0 Å². The topological polar surface area (TPSA) is 88.4 Å². The molecule has 7 heteroatoms. The van der Waals surface area contributed by atoms with Crippen LogP contribution in [0, 0.1) is 22.0 Å². The van der Waals surface area contributed by atoms with Crippen LogP contribution in [0.25, 0.3) is 0 Å². The van der Waals surface area contributed by atoms with E-state index in [0.717, 1.165) is 31.5 Å². The third-order valence-corrected chi connectivity index (χ3v) is 5.00. The van der Waals surface area contributed by atoms with Gasteiger partial charge in [0.2, 0.25) is 0 Å². The molecule has 0 aliphatic carbocycles. The predicted octanol–water partition coefficient (Wildman–Crippen LogP) is 4.24. The number of anilines is 2. The number of aromatic nitrogens is 1. The molecule has 154 valence electrons. The highest BCUT2D eigenvalue weighted by Crippen LogP contribution is 2.31. The predicted molar refractivity (Wildman–Crippen MR) is 119 cm³/mol. The van der Waals surface area contributed by atoms with E-state index in [2.05, 4.69) is 22.1 Å². The zero-order valence-corrected chi connectivity index (χ0v) is 16.7. The van der Waals surface area contributed by atoms with Crippen molar-refractivity contribution in [2.45, 2.75) is 12.8 Å². The molecule has 0 unspecified atom stereocenters. The lowest BCUT2D eigenvalue weighted by molar-refractivity contribution is -0.384. The molecular formula is C24H20N4O3. The molecule has 1 N–H and O–H groups in total. The average Bonchev–Trinajstić information content (AvgIpc) is 3.33. The molecule has 0 radical (unpaired) electrons. The second-order valence-electron chi connectivity index (χ2n) is 7.15. The monoisotopic (exact) mass is 412 g/mol. The van der Waals surface area contributed by atoms with Crippen LogP contribution in [0.5, 0.6) is 0 Å². The molecule has 2 heterocycles. The van der Waals surface area contributed by atoms with E-state index in [9.17, 15) is 14.9 Å². The van der Waals surface area contributed by atoms with Crippen molar-refractivity contribution in [1.29, 1.82) is 0 Å². The van der Waals surface area contributed by atoms with Crippen molar-refractivity contribution in [3.05, 3.63) is 93.8 Å². The van der Waals surface area contributed by atoms with Crippen molar-refractivity contribution in [1.82, 2.24) is 4.98 Å². The van der Waals surface area contributed by atoms with Gasteiger partial charge in [0, 0.05) is 42.2 Å². The third-order valence-electron chi connectivity index (χ3n) is 5.00. The second kappa shape index (κ2) is 9.09. The lowest BCUT2D eigenvalue weighted by Crippen LogP contribution is -2.19. The van der Waals surface area contributed by atoms with Crippen LogP contribution < -0.4 is 10.2 Å². The summed E-state index contributed by atoms with van der Waals surface area (Å²) in [5.41, 5.74) is 2.68. The van der Waals surface area contributed by atoms with Crippen LogP contribution in [0.4, 0.5) is 17.1 Å². The lowest BCUT2D eigenvalue weighted by Gasteiger charge is -2.17. The van der Waals surface area contributed by atoms with Crippen LogP contribution in [0.1, 0.15) is 34.5 Å². The zero-order valence-electron chi connectivity index (χ0n) is 16.7. The second-order valence-corrected chi connectivity index (χ2v) is 7.15. The van der Waals surface area contributed by atoms with Gasteiger partial charge in [-0.05, 0) is 61.2 Å². The van der Waals surface area contributed by atoms with E-state index in [4.69, 9.17) is 0 Å². The molecule has 1 fully saturated rings. The molecule has 1 amide bonds. The summed E-state index contributed by atoms with van der Waals surface area (Å²) in [4.78, 5) is 30.0. The molecule has 0 atom stereocenters. The van der Waals surface area contributed by atoms with Crippen molar-refractivity contribution < 1.29 is 9.72 Å². The van der Waals surface area contributed by atoms with Crippen molar-refractivity contribution >= 4 is 23.0 Å². The molecule has 0 saturated carbocycles. The van der Waals surface area contributed by atoms with Crippen molar-refractivity contribution in [3.8, 4) is 11.8 Å². The van der Waals surface area contributed by atoms with E-state index >= 15 is 0 Å². The number of amides is 1. The fourth-order valence-electron chi connectivity index (χ4n) is 3.49. The van der Waals surface area contributed by atoms with E-state index in [-0.39, 0.29) is 11.3 Å². The molecule has 1 aliphatic heterocycles. The Morgan fingerprint density at radius 2 is 1.87 bits per heavy atom. The first kappa shape index (κ1) is 20.1.